The minimum Gasteiger partial charge on any atom is -0.492 e. The molecule has 5 nitrogen and oxygen atoms in total. The monoisotopic (exact) mass is 538 g/mol. The molecule has 2 heterocycles. The number of hydrogen-bond donors (Lipinski definition) is 1. The van der Waals surface area contributed by atoms with Crippen molar-refractivity contribution >= 4 is 28.2 Å². The average Bonchev–Trinajstić information content (AvgIpc) is 3.57. The molecule has 6 rings (SSSR count). The largest absolute Gasteiger partial charge is 0.492 e. The first-order valence-electron chi connectivity index (χ1n) is 13.9. The first kappa shape index (κ1) is 25.8. The van der Waals surface area contributed by atoms with E-state index in [1.807, 2.05) is 18.2 Å². The molecule has 1 fully saturated rings. The second kappa shape index (κ2) is 11.8. The Morgan fingerprint density at radius 1 is 1.00 bits per heavy atom. The van der Waals surface area contributed by atoms with E-state index in [1.54, 1.807) is 0 Å². The van der Waals surface area contributed by atoms with E-state index in [4.69, 9.17) is 22.8 Å². The summed E-state index contributed by atoms with van der Waals surface area (Å²) in [6, 6.07) is 23.8. The summed E-state index contributed by atoms with van der Waals surface area (Å²) in [7, 11) is 0. The third kappa shape index (κ3) is 5.65. The van der Waals surface area contributed by atoms with Crippen molar-refractivity contribution in [3.05, 3.63) is 94.6 Å². The summed E-state index contributed by atoms with van der Waals surface area (Å²) >= 11 is 6.21. The van der Waals surface area contributed by atoms with E-state index in [-0.39, 0.29) is 0 Å². The lowest BCUT2D eigenvalue weighted by atomic mass is 10.1. The summed E-state index contributed by atoms with van der Waals surface area (Å²) in [6.45, 7) is 7.17. The highest BCUT2D eigenvalue weighted by Crippen LogP contribution is 2.37. The van der Waals surface area contributed by atoms with E-state index in [2.05, 4.69) is 80.3 Å². The molecule has 0 bridgehead atoms. The van der Waals surface area contributed by atoms with E-state index in [1.165, 1.54) is 33.3 Å². The van der Waals surface area contributed by atoms with Crippen molar-refractivity contribution in [1.82, 2.24) is 14.8 Å². The van der Waals surface area contributed by atoms with Crippen molar-refractivity contribution < 1.29 is 4.74 Å². The van der Waals surface area contributed by atoms with Crippen LogP contribution in [0.2, 0.25) is 5.02 Å². The molecule has 3 aromatic carbocycles. The van der Waals surface area contributed by atoms with Crippen LogP contribution in [-0.4, -0.2) is 55.3 Å². The standard InChI is InChI=1S/C33H35ClN4O/c1-2-15-35-30-13-12-28-27(30)8-4-11-33(28)39-22-21-36-17-19-37(20-18-36)31-9-5-10-32-29(31)14-16-38(32)24-25-6-3-7-26(34)23-25/h1,3-11,14,16,23,30,35H,12-13,15,17-22,24H2. The summed E-state index contributed by atoms with van der Waals surface area (Å²) in [5.74, 6) is 3.72. The maximum Gasteiger partial charge on any atom is 0.122 e. The molecule has 1 aliphatic heterocycles. The van der Waals surface area contributed by atoms with Crippen LogP contribution in [0.3, 0.4) is 0 Å². The Bertz CT molecular complexity index is 1480. The number of rotatable bonds is 9. The van der Waals surface area contributed by atoms with Crippen LogP contribution >= 0.6 is 11.6 Å². The summed E-state index contributed by atoms with van der Waals surface area (Å²) in [5, 5.41) is 5.54. The van der Waals surface area contributed by atoms with Gasteiger partial charge in [-0.1, -0.05) is 47.9 Å². The number of benzene rings is 3. The van der Waals surface area contributed by atoms with Crippen LogP contribution in [0.15, 0.2) is 72.9 Å². The summed E-state index contributed by atoms with van der Waals surface area (Å²) < 4.78 is 8.61. The number of anilines is 1. The highest BCUT2D eigenvalue weighted by molar-refractivity contribution is 6.30. The number of ether oxygens (including phenoxy) is 1. The first-order valence-corrected chi connectivity index (χ1v) is 14.3. The number of terminal acetylenes is 1. The third-order valence-electron chi connectivity index (χ3n) is 8.09. The average molecular weight is 539 g/mol. The van der Waals surface area contributed by atoms with Crippen LogP contribution in [0.5, 0.6) is 5.75 Å². The molecular formula is C33H35ClN4O. The minimum absolute atomic E-state index is 0.339. The zero-order valence-electron chi connectivity index (χ0n) is 22.3. The topological polar surface area (TPSA) is 32.7 Å². The molecule has 4 aromatic rings. The Balaban J connectivity index is 1.04. The molecule has 1 aromatic heterocycles. The van der Waals surface area contributed by atoms with Crippen molar-refractivity contribution in [1.29, 1.82) is 0 Å². The van der Waals surface area contributed by atoms with Gasteiger partial charge in [0.15, 0.2) is 0 Å². The number of nitrogens with zero attached hydrogens (tertiary/aromatic N) is 3. The van der Waals surface area contributed by atoms with Gasteiger partial charge >= 0.3 is 0 Å². The molecular weight excluding hydrogens is 504 g/mol. The number of nitrogens with one attached hydrogen (secondary N) is 1. The van der Waals surface area contributed by atoms with E-state index in [0.29, 0.717) is 19.2 Å². The molecule has 1 N–H and O–H groups in total. The molecule has 1 saturated heterocycles. The Morgan fingerprint density at radius 3 is 2.69 bits per heavy atom. The van der Waals surface area contributed by atoms with Gasteiger partial charge in [0.25, 0.3) is 0 Å². The van der Waals surface area contributed by atoms with E-state index >= 15 is 0 Å². The Labute approximate surface area is 236 Å². The molecule has 1 aliphatic carbocycles. The van der Waals surface area contributed by atoms with Gasteiger partial charge in [-0.2, -0.15) is 0 Å². The number of piperazine rings is 1. The van der Waals surface area contributed by atoms with Crippen molar-refractivity contribution in [2.75, 3.05) is 50.8 Å². The Hall–Kier alpha value is -3.43. The van der Waals surface area contributed by atoms with Crippen molar-refractivity contribution in [2.45, 2.75) is 25.4 Å². The maximum absolute atomic E-state index is 6.30. The lowest BCUT2D eigenvalue weighted by Crippen LogP contribution is -2.47. The fourth-order valence-corrected chi connectivity index (χ4v) is 6.31. The molecule has 6 heteroatoms. The van der Waals surface area contributed by atoms with Gasteiger partial charge in [0.2, 0.25) is 0 Å². The fourth-order valence-electron chi connectivity index (χ4n) is 6.10. The van der Waals surface area contributed by atoms with Crippen LogP contribution in [0.4, 0.5) is 5.69 Å². The molecule has 1 unspecified atom stereocenters. The van der Waals surface area contributed by atoms with Gasteiger partial charge in [0.1, 0.15) is 12.4 Å². The predicted molar refractivity (Wildman–Crippen MR) is 161 cm³/mol. The minimum atomic E-state index is 0.339. The smallest absolute Gasteiger partial charge is 0.122 e. The Kier molecular flexibility index (Phi) is 7.78. The summed E-state index contributed by atoms with van der Waals surface area (Å²) in [6.07, 6.45) is 9.75. The van der Waals surface area contributed by atoms with Gasteiger partial charge in [-0.25, -0.2) is 0 Å². The second-order valence-corrected chi connectivity index (χ2v) is 10.9. The number of fused-ring (bicyclic) bond motifs is 2. The number of halogens is 1. The summed E-state index contributed by atoms with van der Waals surface area (Å²) in [4.78, 5) is 5.04. The van der Waals surface area contributed by atoms with Crippen molar-refractivity contribution in [3.8, 4) is 18.1 Å². The molecule has 0 saturated carbocycles. The van der Waals surface area contributed by atoms with Gasteiger partial charge < -0.3 is 14.2 Å². The van der Waals surface area contributed by atoms with E-state index in [0.717, 1.165) is 62.9 Å². The Morgan fingerprint density at radius 2 is 1.85 bits per heavy atom. The number of aromatic nitrogens is 1. The molecule has 0 amide bonds. The van der Waals surface area contributed by atoms with Crippen molar-refractivity contribution in [3.63, 3.8) is 0 Å². The fraction of sp³-hybridized carbons (Fsp3) is 0.333. The van der Waals surface area contributed by atoms with Crippen LogP contribution in [0.25, 0.3) is 10.9 Å². The van der Waals surface area contributed by atoms with Gasteiger partial charge in [-0.3, -0.25) is 10.2 Å². The third-order valence-corrected chi connectivity index (χ3v) is 8.32. The van der Waals surface area contributed by atoms with Gasteiger partial charge in [0.05, 0.1) is 12.1 Å². The van der Waals surface area contributed by atoms with Gasteiger partial charge in [-0.05, 0) is 65.9 Å². The van der Waals surface area contributed by atoms with Crippen LogP contribution in [-0.2, 0) is 13.0 Å². The van der Waals surface area contributed by atoms with Gasteiger partial charge in [0, 0.05) is 67.6 Å². The molecule has 0 radical (unpaired) electrons. The molecule has 2 aliphatic rings. The highest BCUT2D eigenvalue weighted by atomic mass is 35.5. The van der Waals surface area contributed by atoms with Crippen LogP contribution in [0.1, 0.15) is 29.2 Å². The van der Waals surface area contributed by atoms with Crippen LogP contribution in [0, 0.1) is 12.3 Å². The summed E-state index contributed by atoms with van der Waals surface area (Å²) in [5.41, 5.74) is 6.47. The zero-order chi connectivity index (χ0) is 26.6. The van der Waals surface area contributed by atoms with Crippen LogP contribution < -0.4 is 15.0 Å². The zero-order valence-corrected chi connectivity index (χ0v) is 23.0. The van der Waals surface area contributed by atoms with E-state index in [9.17, 15) is 0 Å². The molecule has 39 heavy (non-hydrogen) atoms. The molecule has 1 atom stereocenters. The van der Waals surface area contributed by atoms with E-state index < -0.39 is 0 Å². The maximum atomic E-state index is 6.30. The number of hydrogen-bond acceptors (Lipinski definition) is 4. The first-order chi connectivity index (χ1) is 19.2. The highest BCUT2D eigenvalue weighted by Gasteiger charge is 2.25. The lowest BCUT2D eigenvalue weighted by Gasteiger charge is -2.36. The quantitative estimate of drug-likeness (QED) is 0.275. The molecule has 0 spiro atoms. The lowest BCUT2D eigenvalue weighted by molar-refractivity contribution is 0.200. The normalized spacial score (nSPS) is 17.3. The predicted octanol–water partition coefficient (Wildman–Crippen LogP) is 5.75. The van der Waals surface area contributed by atoms with Crippen molar-refractivity contribution in [2.24, 2.45) is 0 Å². The molecule has 200 valence electrons. The SMILES string of the molecule is C#CCNC1CCc2c(OCCN3CCN(c4cccc5c4ccn5Cc4cccc(Cl)c4)CC3)cccc21. The van der Waals surface area contributed by atoms with Gasteiger partial charge in [-0.15, -0.1) is 6.42 Å². The second-order valence-electron chi connectivity index (χ2n) is 10.5.